The van der Waals surface area contributed by atoms with Crippen molar-refractivity contribution in [1.82, 2.24) is 5.43 Å². The first-order valence-corrected chi connectivity index (χ1v) is 11.6. The van der Waals surface area contributed by atoms with Crippen molar-refractivity contribution < 1.29 is 23.7 Å². The molecule has 0 unspecified atom stereocenters. The van der Waals surface area contributed by atoms with Gasteiger partial charge in [0, 0.05) is 16.7 Å². The minimum absolute atomic E-state index is 0.282. The number of halogens is 2. The number of hydrogen-bond donors (Lipinski definition) is 1. The standard InChI is InChI=1S/C26H24BrClN2O5/c1-32-22-10-8-17(13-23(22)33-2)9-11-25(31)30-29-15-18-12-20(27)26(24(14-18)34-3)35-16-19-6-4-5-7-21(19)28/h4-15H,16H2,1-3H3,(H,30,31)/b11-9+,29-15-. The van der Waals surface area contributed by atoms with Gasteiger partial charge in [-0.2, -0.15) is 5.10 Å². The van der Waals surface area contributed by atoms with Crippen LogP contribution in [0.1, 0.15) is 16.7 Å². The van der Waals surface area contributed by atoms with Crippen LogP contribution in [0.5, 0.6) is 23.0 Å². The van der Waals surface area contributed by atoms with Crippen molar-refractivity contribution in [3.05, 3.63) is 86.9 Å². The predicted molar refractivity (Wildman–Crippen MR) is 141 cm³/mol. The van der Waals surface area contributed by atoms with E-state index in [9.17, 15) is 4.79 Å². The van der Waals surface area contributed by atoms with Crippen molar-refractivity contribution >= 4 is 45.7 Å². The Bertz CT molecular complexity index is 1250. The highest BCUT2D eigenvalue weighted by atomic mass is 79.9. The minimum Gasteiger partial charge on any atom is -0.493 e. The van der Waals surface area contributed by atoms with Gasteiger partial charge >= 0.3 is 0 Å². The molecule has 9 heteroatoms. The molecule has 0 aliphatic rings. The number of rotatable bonds is 10. The highest BCUT2D eigenvalue weighted by Gasteiger charge is 2.12. The molecule has 0 spiro atoms. The van der Waals surface area contributed by atoms with E-state index in [-0.39, 0.29) is 12.5 Å². The number of hydrogen-bond acceptors (Lipinski definition) is 6. The molecule has 0 aliphatic carbocycles. The van der Waals surface area contributed by atoms with E-state index < -0.39 is 0 Å². The van der Waals surface area contributed by atoms with E-state index in [0.29, 0.717) is 38.1 Å². The number of methoxy groups -OCH3 is 3. The summed E-state index contributed by atoms with van der Waals surface area (Å²) in [6.45, 7) is 0.282. The smallest absolute Gasteiger partial charge is 0.264 e. The molecule has 0 aliphatic heterocycles. The summed E-state index contributed by atoms with van der Waals surface area (Å²) in [5, 5.41) is 4.64. The lowest BCUT2D eigenvalue weighted by molar-refractivity contribution is -0.116. The Morgan fingerprint density at radius 3 is 2.40 bits per heavy atom. The quantitative estimate of drug-likeness (QED) is 0.191. The summed E-state index contributed by atoms with van der Waals surface area (Å²) in [6.07, 6.45) is 4.53. The molecule has 0 bridgehead atoms. The lowest BCUT2D eigenvalue weighted by atomic mass is 10.2. The summed E-state index contributed by atoms with van der Waals surface area (Å²) in [6, 6.07) is 16.4. The van der Waals surface area contributed by atoms with Gasteiger partial charge in [-0.05, 0) is 63.5 Å². The summed E-state index contributed by atoms with van der Waals surface area (Å²) in [7, 11) is 4.66. The summed E-state index contributed by atoms with van der Waals surface area (Å²) >= 11 is 9.71. The van der Waals surface area contributed by atoms with Gasteiger partial charge in [0.2, 0.25) is 0 Å². The second-order valence-electron chi connectivity index (χ2n) is 7.10. The van der Waals surface area contributed by atoms with E-state index in [2.05, 4.69) is 26.5 Å². The second-order valence-corrected chi connectivity index (χ2v) is 8.36. The number of ether oxygens (including phenoxy) is 4. The molecule has 0 saturated carbocycles. The molecular weight excluding hydrogens is 536 g/mol. The van der Waals surface area contributed by atoms with Gasteiger partial charge in [0.15, 0.2) is 23.0 Å². The number of carbonyl (C=O) groups excluding carboxylic acids is 1. The monoisotopic (exact) mass is 558 g/mol. The minimum atomic E-state index is -0.387. The summed E-state index contributed by atoms with van der Waals surface area (Å²) in [4.78, 5) is 12.1. The van der Waals surface area contributed by atoms with E-state index in [1.807, 2.05) is 30.3 Å². The third-order valence-corrected chi connectivity index (χ3v) is 5.76. The van der Waals surface area contributed by atoms with E-state index >= 15 is 0 Å². The molecule has 3 rings (SSSR count). The van der Waals surface area contributed by atoms with Crippen LogP contribution < -0.4 is 24.4 Å². The summed E-state index contributed by atoms with van der Waals surface area (Å²) in [5.41, 5.74) is 4.80. The highest BCUT2D eigenvalue weighted by molar-refractivity contribution is 9.10. The van der Waals surface area contributed by atoms with Crippen molar-refractivity contribution in [2.75, 3.05) is 21.3 Å². The Hall–Kier alpha value is -3.49. The largest absolute Gasteiger partial charge is 0.493 e. The first-order valence-electron chi connectivity index (χ1n) is 10.4. The van der Waals surface area contributed by atoms with Gasteiger partial charge in [-0.3, -0.25) is 4.79 Å². The van der Waals surface area contributed by atoms with Crippen LogP contribution in [0.4, 0.5) is 0 Å². The second kappa shape index (κ2) is 12.8. The Morgan fingerprint density at radius 2 is 1.69 bits per heavy atom. The molecule has 0 fully saturated rings. The average Bonchev–Trinajstić information content (AvgIpc) is 2.87. The van der Waals surface area contributed by atoms with Gasteiger partial charge in [-0.1, -0.05) is 35.9 Å². The maximum Gasteiger partial charge on any atom is 0.264 e. The van der Waals surface area contributed by atoms with Crippen molar-refractivity contribution in [3.8, 4) is 23.0 Å². The number of benzene rings is 3. The highest BCUT2D eigenvalue weighted by Crippen LogP contribution is 2.37. The van der Waals surface area contributed by atoms with Gasteiger partial charge in [0.05, 0.1) is 32.0 Å². The van der Waals surface area contributed by atoms with Crippen molar-refractivity contribution in [2.24, 2.45) is 5.10 Å². The SMILES string of the molecule is COc1ccc(/C=C/C(=O)N/N=C\c2cc(Br)c(OCc3ccccc3Cl)c(OC)c2)cc1OC. The summed E-state index contributed by atoms with van der Waals surface area (Å²) < 4.78 is 22.5. The normalized spacial score (nSPS) is 11.0. The van der Waals surface area contributed by atoms with Crippen LogP contribution in [-0.2, 0) is 11.4 Å². The maximum atomic E-state index is 12.1. The predicted octanol–water partition coefficient (Wildman–Crippen LogP) is 5.87. The van der Waals surface area contributed by atoms with Crippen LogP contribution in [0.25, 0.3) is 6.08 Å². The first-order chi connectivity index (χ1) is 16.9. The van der Waals surface area contributed by atoms with Crippen LogP contribution in [0, 0.1) is 0 Å². The number of amides is 1. The van der Waals surface area contributed by atoms with Crippen LogP contribution in [0.3, 0.4) is 0 Å². The third-order valence-electron chi connectivity index (χ3n) is 4.80. The number of carbonyl (C=O) groups is 1. The zero-order valence-electron chi connectivity index (χ0n) is 19.4. The van der Waals surface area contributed by atoms with Crippen molar-refractivity contribution in [3.63, 3.8) is 0 Å². The Morgan fingerprint density at radius 1 is 0.971 bits per heavy atom. The zero-order chi connectivity index (χ0) is 25.2. The van der Waals surface area contributed by atoms with E-state index in [1.165, 1.54) is 12.3 Å². The van der Waals surface area contributed by atoms with Crippen molar-refractivity contribution in [1.29, 1.82) is 0 Å². The van der Waals surface area contributed by atoms with Gasteiger partial charge < -0.3 is 18.9 Å². The molecule has 35 heavy (non-hydrogen) atoms. The number of nitrogens with zero attached hydrogens (tertiary/aromatic N) is 1. The maximum absolute atomic E-state index is 12.1. The van der Waals surface area contributed by atoms with E-state index in [0.717, 1.165) is 11.1 Å². The molecule has 0 heterocycles. The molecule has 0 saturated heterocycles. The first kappa shape index (κ1) is 26.1. The molecule has 3 aromatic rings. The van der Waals surface area contributed by atoms with Crippen molar-refractivity contribution in [2.45, 2.75) is 6.61 Å². The Labute approximate surface area is 217 Å². The average molecular weight is 560 g/mol. The molecule has 7 nitrogen and oxygen atoms in total. The molecule has 1 N–H and O–H groups in total. The Kier molecular flexibility index (Phi) is 9.57. The topological polar surface area (TPSA) is 78.4 Å². The molecule has 0 atom stereocenters. The van der Waals surface area contributed by atoms with Crippen LogP contribution in [-0.4, -0.2) is 33.5 Å². The lowest BCUT2D eigenvalue weighted by Crippen LogP contribution is -2.14. The molecular formula is C26H24BrClN2O5. The molecule has 1 amide bonds. The van der Waals surface area contributed by atoms with E-state index in [4.69, 9.17) is 30.5 Å². The van der Waals surface area contributed by atoms with Crippen LogP contribution in [0.2, 0.25) is 5.02 Å². The van der Waals surface area contributed by atoms with Gasteiger partial charge in [0.1, 0.15) is 6.61 Å². The number of hydrazone groups is 1. The fourth-order valence-electron chi connectivity index (χ4n) is 3.06. The van der Waals surface area contributed by atoms with Gasteiger partial charge in [-0.25, -0.2) is 5.43 Å². The van der Waals surface area contributed by atoms with Gasteiger partial charge in [-0.15, -0.1) is 0 Å². The lowest BCUT2D eigenvalue weighted by Gasteiger charge is -2.14. The van der Waals surface area contributed by atoms with Crippen LogP contribution in [0.15, 0.2) is 70.2 Å². The fourth-order valence-corrected chi connectivity index (χ4v) is 3.82. The molecule has 182 valence electrons. The molecule has 0 radical (unpaired) electrons. The summed E-state index contributed by atoms with van der Waals surface area (Å²) in [5.74, 6) is 1.84. The third kappa shape index (κ3) is 7.24. The Balaban J connectivity index is 1.63. The number of nitrogens with one attached hydrogen (secondary N) is 1. The molecule has 3 aromatic carbocycles. The van der Waals surface area contributed by atoms with E-state index in [1.54, 1.807) is 51.7 Å². The fraction of sp³-hybridized carbons (Fsp3) is 0.154. The van der Waals surface area contributed by atoms with Crippen LogP contribution >= 0.6 is 27.5 Å². The zero-order valence-corrected chi connectivity index (χ0v) is 21.7. The molecule has 0 aromatic heterocycles. The van der Waals surface area contributed by atoms with Gasteiger partial charge in [0.25, 0.3) is 5.91 Å².